The molecule has 7 heteroatoms. The molecule has 2 aromatic carbocycles. The zero-order chi connectivity index (χ0) is 19.1. The predicted octanol–water partition coefficient (Wildman–Crippen LogP) is 3.76. The molecule has 0 heterocycles. The third kappa shape index (κ3) is 5.20. The van der Waals surface area contributed by atoms with E-state index in [1.54, 1.807) is 28.4 Å². The molecule has 0 fully saturated rings. The molecule has 0 aliphatic carbocycles. The maximum atomic E-state index is 12.1. The van der Waals surface area contributed by atoms with Crippen LogP contribution in [0.15, 0.2) is 36.4 Å². The first-order valence-electron chi connectivity index (χ1n) is 8.31. The zero-order valence-electron chi connectivity index (χ0n) is 16.2. The number of rotatable bonds is 8. The molecular formula is C20H26ClNO5. The Morgan fingerprint density at radius 3 is 1.56 bits per heavy atom. The SMILES string of the molecule is CCC(=O)NC(c1ccc(OC)c(OC)c1)c1ccc(OC)c(OC)c1.Cl. The molecule has 0 spiro atoms. The highest BCUT2D eigenvalue weighted by atomic mass is 35.5. The Kier molecular flexibility index (Phi) is 8.75. The standard InChI is InChI=1S/C20H25NO5.ClH/c1-6-19(22)21-20(13-7-9-15(23-2)17(11-13)25-4)14-8-10-16(24-3)18(12-14)26-5;/h7-12,20H,6H2,1-5H3,(H,21,22);1H. The van der Waals surface area contributed by atoms with Crippen molar-refractivity contribution in [3.05, 3.63) is 47.5 Å². The number of hydrogen-bond donors (Lipinski definition) is 1. The third-order valence-corrected chi connectivity index (χ3v) is 4.11. The van der Waals surface area contributed by atoms with Crippen LogP contribution in [0.1, 0.15) is 30.5 Å². The molecule has 2 rings (SSSR count). The smallest absolute Gasteiger partial charge is 0.220 e. The molecule has 1 amide bonds. The molecule has 0 radical (unpaired) electrons. The quantitative estimate of drug-likeness (QED) is 0.737. The van der Waals surface area contributed by atoms with Crippen molar-refractivity contribution in [2.45, 2.75) is 19.4 Å². The average Bonchev–Trinajstić information content (AvgIpc) is 2.70. The van der Waals surface area contributed by atoms with Crippen LogP contribution in [-0.4, -0.2) is 34.3 Å². The van der Waals surface area contributed by atoms with Crippen LogP contribution < -0.4 is 24.3 Å². The highest BCUT2D eigenvalue weighted by molar-refractivity contribution is 5.85. The number of carbonyl (C=O) groups is 1. The first-order valence-corrected chi connectivity index (χ1v) is 8.31. The number of amides is 1. The summed E-state index contributed by atoms with van der Waals surface area (Å²) in [7, 11) is 6.33. The second kappa shape index (κ2) is 10.5. The van der Waals surface area contributed by atoms with E-state index in [-0.39, 0.29) is 24.4 Å². The molecule has 0 saturated heterocycles. The lowest BCUT2D eigenvalue weighted by atomic mass is 9.97. The topological polar surface area (TPSA) is 66.0 Å². The summed E-state index contributed by atoms with van der Waals surface area (Å²) in [5, 5.41) is 3.05. The Balaban J connectivity index is 0.00000364. The molecule has 0 unspecified atom stereocenters. The van der Waals surface area contributed by atoms with Gasteiger partial charge in [-0.25, -0.2) is 0 Å². The zero-order valence-corrected chi connectivity index (χ0v) is 17.0. The summed E-state index contributed by atoms with van der Waals surface area (Å²) in [6, 6.07) is 10.8. The fraction of sp³-hybridized carbons (Fsp3) is 0.350. The van der Waals surface area contributed by atoms with Crippen LogP contribution in [0.25, 0.3) is 0 Å². The van der Waals surface area contributed by atoms with Crippen LogP contribution >= 0.6 is 12.4 Å². The van der Waals surface area contributed by atoms with E-state index in [1.165, 1.54) is 0 Å². The van der Waals surface area contributed by atoms with Gasteiger partial charge in [-0.3, -0.25) is 4.79 Å². The van der Waals surface area contributed by atoms with Crippen molar-refractivity contribution in [2.24, 2.45) is 0 Å². The predicted molar refractivity (Wildman–Crippen MR) is 107 cm³/mol. The maximum absolute atomic E-state index is 12.1. The number of carbonyl (C=O) groups excluding carboxylic acids is 1. The van der Waals surface area contributed by atoms with Crippen LogP contribution in [0, 0.1) is 0 Å². The van der Waals surface area contributed by atoms with E-state index in [0.29, 0.717) is 29.4 Å². The van der Waals surface area contributed by atoms with Crippen LogP contribution in [-0.2, 0) is 4.79 Å². The summed E-state index contributed by atoms with van der Waals surface area (Å²) >= 11 is 0. The van der Waals surface area contributed by atoms with Crippen molar-refractivity contribution in [3.8, 4) is 23.0 Å². The van der Waals surface area contributed by atoms with Gasteiger partial charge in [0, 0.05) is 6.42 Å². The molecule has 0 saturated carbocycles. The Morgan fingerprint density at radius 2 is 1.22 bits per heavy atom. The van der Waals surface area contributed by atoms with Crippen LogP contribution in [0.3, 0.4) is 0 Å². The summed E-state index contributed by atoms with van der Waals surface area (Å²) < 4.78 is 21.4. The van der Waals surface area contributed by atoms with Gasteiger partial charge in [0.1, 0.15) is 0 Å². The lowest BCUT2D eigenvalue weighted by Crippen LogP contribution is -2.28. The van der Waals surface area contributed by atoms with Crippen molar-refractivity contribution in [1.82, 2.24) is 5.32 Å². The van der Waals surface area contributed by atoms with Gasteiger partial charge in [-0.05, 0) is 35.4 Å². The minimum atomic E-state index is -0.359. The van der Waals surface area contributed by atoms with E-state index in [1.807, 2.05) is 43.3 Å². The molecule has 0 bridgehead atoms. The number of nitrogens with one attached hydrogen (secondary N) is 1. The minimum Gasteiger partial charge on any atom is -0.493 e. The molecule has 6 nitrogen and oxygen atoms in total. The largest absolute Gasteiger partial charge is 0.493 e. The van der Waals surface area contributed by atoms with Crippen molar-refractivity contribution < 1.29 is 23.7 Å². The van der Waals surface area contributed by atoms with E-state index >= 15 is 0 Å². The number of methoxy groups -OCH3 is 4. The van der Waals surface area contributed by atoms with Crippen LogP contribution in [0.5, 0.6) is 23.0 Å². The minimum absolute atomic E-state index is 0. The van der Waals surface area contributed by atoms with Gasteiger partial charge in [0.15, 0.2) is 23.0 Å². The van der Waals surface area contributed by atoms with Gasteiger partial charge in [-0.15, -0.1) is 12.4 Å². The normalized spacial score (nSPS) is 10.0. The van der Waals surface area contributed by atoms with E-state index < -0.39 is 0 Å². The van der Waals surface area contributed by atoms with Crippen molar-refractivity contribution in [2.75, 3.05) is 28.4 Å². The van der Waals surface area contributed by atoms with Gasteiger partial charge in [0.25, 0.3) is 0 Å². The van der Waals surface area contributed by atoms with Gasteiger partial charge in [0.05, 0.1) is 34.5 Å². The molecule has 0 aromatic heterocycles. The van der Waals surface area contributed by atoms with Gasteiger partial charge in [-0.1, -0.05) is 19.1 Å². The number of hydrogen-bond acceptors (Lipinski definition) is 5. The molecule has 2 aromatic rings. The Bertz CT molecular complexity index is 711. The summed E-state index contributed by atoms with van der Waals surface area (Å²) in [6.45, 7) is 1.82. The van der Waals surface area contributed by atoms with Gasteiger partial charge in [-0.2, -0.15) is 0 Å². The van der Waals surface area contributed by atoms with E-state index in [0.717, 1.165) is 11.1 Å². The number of benzene rings is 2. The summed E-state index contributed by atoms with van der Waals surface area (Å²) in [5.41, 5.74) is 1.74. The van der Waals surface area contributed by atoms with E-state index in [4.69, 9.17) is 18.9 Å². The van der Waals surface area contributed by atoms with Gasteiger partial charge >= 0.3 is 0 Å². The van der Waals surface area contributed by atoms with E-state index in [9.17, 15) is 4.79 Å². The highest BCUT2D eigenvalue weighted by Crippen LogP contribution is 2.35. The molecule has 27 heavy (non-hydrogen) atoms. The van der Waals surface area contributed by atoms with Crippen molar-refractivity contribution in [3.63, 3.8) is 0 Å². The second-order valence-electron chi connectivity index (χ2n) is 5.58. The first kappa shape index (κ1) is 22.4. The molecule has 0 aliphatic heterocycles. The first-order chi connectivity index (χ1) is 12.6. The van der Waals surface area contributed by atoms with Gasteiger partial charge in [0.2, 0.25) is 5.91 Å². The van der Waals surface area contributed by atoms with E-state index in [2.05, 4.69) is 5.32 Å². The maximum Gasteiger partial charge on any atom is 0.220 e. The van der Waals surface area contributed by atoms with Crippen LogP contribution in [0.4, 0.5) is 0 Å². The lowest BCUT2D eigenvalue weighted by Gasteiger charge is -2.22. The molecule has 148 valence electrons. The Hall–Kier alpha value is -2.60. The summed E-state index contributed by atoms with van der Waals surface area (Å²) in [6.07, 6.45) is 0.386. The van der Waals surface area contributed by atoms with Crippen molar-refractivity contribution in [1.29, 1.82) is 0 Å². The average molecular weight is 396 g/mol. The highest BCUT2D eigenvalue weighted by Gasteiger charge is 2.20. The fourth-order valence-electron chi connectivity index (χ4n) is 2.69. The summed E-state index contributed by atoms with van der Waals surface area (Å²) in [4.78, 5) is 12.1. The lowest BCUT2D eigenvalue weighted by molar-refractivity contribution is -0.121. The Labute approximate surface area is 166 Å². The second-order valence-corrected chi connectivity index (χ2v) is 5.58. The monoisotopic (exact) mass is 395 g/mol. The molecule has 0 aliphatic rings. The number of ether oxygens (including phenoxy) is 4. The fourth-order valence-corrected chi connectivity index (χ4v) is 2.69. The van der Waals surface area contributed by atoms with Gasteiger partial charge < -0.3 is 24.3 Å². The molecule has 1 N–H and O–H groups in total. The molecule has 0 atom stereocenters. The Morgan fingerprint density at radius 1 is 0.815 bits per heavy atom. The molecular weight excluding hydrogens is 370 g/mol. The summed E-state index contributed by atoms with van der Waals surface area (Å²) in [5.74, 6) is 2.40. The van der Waals surface area contributed by atoms with Crippen LogP contribution in [0.2, 0.25) is 0 Å². The third-order valence-electron chi connectivity index (χ3n) is 4.11. The van der Waals surface area contributed by atoms with Crippen molar-refractivity contribution >= 4 is 18.3 Å². The number of halogens is 1.